The molecule has 0 fully saturated rings. The van der Waals surface area contributed by atoms with E-state index < -0.39 is 5.97 Å². The van der Waals surface area contributed by atoms with Crippen molar-refractivity contribution in [1.29, 1.82) is 0 Å². The first-order valence-corrected chi connectivity index (χ1v) is 8.12. The molecule has 1 N–H and O–H groups in total. The zero-order chi connectivity index (χ0) is 17.1. The van der Waals surface area contributed by atoms with Crippen LogP contribution < -0.4 is 10.4 Å². The Hall–Kier alpha value is -2.73. The molecule has 0 saturated carbocycles. The number of aryl methyl sites for hydroxylation is 1. The van der Waals surface area contributed by atoms with Crippen molar-refractivity contribution in [3.05, 3.63) is 64.8 Å². The number of rotatable bonds is 5. The predicted molar refractivity (Wildman–Crippen MR) is 90.7 cm³/mol. The smallest absolute Gasteiger partial charge is 0.187 e. The molecule has 6 heteroatoms. The summed E-state index contributed by atoms with van der Waals surface area (Å²) in [6.07, 6.45) is -0.236. The van der Waals surface area contributed by atoms with Gasteiger partial charge in [-0.1, -0.05) is 17.7 Å². The lowest BCUT2D eigenvalue weighted by atomic mass is 10.1. The number of carboxylic acid groups (broad SMARTS) is 1. The standard InChI is InChI=1S/C18H15FN2O2S/c1-11-2-8-14(9-3-11)20-18-21-17(15(24-18)10-16(22)23)12-4-6-13(19)7-5-12/h2-9H,10H2,1H3,(H,20,21)(H,22,23)/p-1. The summed E-state index contributed by atoms with van der Waals surface area (Å²) >= 11 is 1.25. The van der Waals surface area contributed by atoms with Crippen LogP contribution >= 0.6 is 11.3 Å². The van der Waals surface area contributed by atoms with Crippen LogP contribution in [-0.4, -0.2) is 11.0 Å². The molecule has 0 amide bonds. The number of thiazole rings is 1. The number of hydrogen-bond donors (Lipinski definition) is 1. The number of benzene rings is 2. The van der Waals surface area contributed by atoms with Crippen molar-refractivity contribution in [2.75, 3.05) is 5.32 Å². The molecule has 3 aromatic rings. The molecule has 0 aliphatic carbocycles. The van der Waals surface area contributed by atoms with Crippen LogP contribution in [-0.2, 0) is 11.2 Å². The van der Waals surface area contributed by atoms with Gasteiger partial charge in [0.05, 0.1) is 5.69 Å². The van der Waals surface area contributed by atoms with Crippen LogP contribution in [0.25, 0.3) is 11.3 Å². The zero-order valence-electron chi connectivity index (χ0n) is 12.9. The molecule has 1 aromatic heterocycles. The molecule has 122 valence electrons. The van der Waals surface area contributed by atoms with Crippen molar-refractivity contribution < 1.29 is 14.3 Å². The summed E-state index contributed by atoms with van der Waals surface area (Å²) < 4.78 is 13.1. The Labute approximate surface area is 142 Å². The monoisotopic (exact) mass is 341 g/mol. The lowest BCUT2D eigenvalue weighted by molar-refractivity contribution is -0.304. The molecule has 0 aliphatic rings. The molecule has 2 aromatic carbocycles. The van der Waals surface area contributed by atoms with E-state index >= 15 is 0 Å². The molecule has 0 atom stereocenters. The third-order valence-corrected chi connectivity index (χ3v) is 4.39. The quantitative estimate of drug-likeness (QED) is 0.773. The van der Waals surface area contributed by atoms with Gasteiger partial charge >= 0.3 is 0 Å². The number of anilines is 2. The number of carbonyl (C=O) groups is 1. The number of aliphatic carboxylic acids is 1. The highest BCUT2D eigenvalue weighted by molar-refractivity contribution is 7.16. The number of carbonyl (C=O) groups excluding carboxylic acids is 1. The Balaban J connectivity index is 1.94. The van der Waals surface area contributed by atoms with Gasteiger partial charge in [0.25, 0.3) is 0 Å². The predicted octanol–water partition coefficient (Wildman–Crippen LogP) is 3.29. The first-order chi connectivity index (χ1) is 11.5. The second kappa shape index (κ2) is 6.80. The van der Waals surface area contributed by atoms with E-state index in [-0.39, 0.29) is 12.2 Å². The number of hydrogen-bond acceptors (Lipinski definition) is 5. The molecule has 0 aliphatic heterocycles. The van der Waals surface area contributed by atoms with Crippen LogP contribution in [0.3, 0.4) is 0 Å². The molecular formula is C18H14FN2O2S-. The van der Waals surface area contributed by atoms with E-state index in [1.54, 1.807) is 12.1 Å². The maximum absolute atomic E-state index is 13.1. The number of nitrogens with one attached hydrogen (secondary N) is 1. The highest BCUT2D eigenvalue weighted by Gasteiger charge is 2.14. The van der Waals surface area contributed by atoms with Crippen molar-refractivity contribution in [2.24, 2.45) is 0 Å². The largest absolute Gasteiger partial charge is 0.550 e. The van der Waals surface area contributed by atoms with Gasteiger partial charge in [0.2, 0.25) is 0 Å². The second-order valence-corrected chi connectivity index (χ2v) is 6.42. The molecule has 4 nitrogen and oxygen atoms in total. The molecule has 0 spiro atoms. The fourth-order valence-corrected chi connectivity index (χ4v) is 3.24. The lowest BCUT2D eigenvalue weighted by Gasteiger charge is -2.03. The maximum Gasteiger partial charge on any atom is 0.187 e. The van der Waals surface area contributed by atoms with Crippen molar-refractivity contribution in [2.45, 2.75) is 13.3 Å². The van der Waals surface area contributed by atoms with E-state index in [0.29, 0.717) is 21.3 Å². The van der Waals surface area contributed by atoms with Gasteiger partial charge in [0, 0.05) is 28.5 Å². The number of halogens is 1. The molecule has 24 heavy (non-hydrogen) atoms. The van der Waals surface area contributed by atoms with Crippen molar-refractivity contribution >= 4 is 28.1 Å². The second-order valence-electron chi connectivity index (χ2n) is 5.34. The third kappa shape index (κ3) is 3.78. The van der Waals surface area contributed by atoms with E-state index in [0.717, 1.165) is 11.3 Å². The summed E-state index contributed by atoms with van der Waals surface area (Å²) in [5, 5.41) is 14.7. The van der Waals surface area contributed by atoms with E-state index in [9.17, 15) is 14.3 Å². The van der Waals surface area contributed by atoms with Crippen molar-refractivity contribution in [3.8, 4) is 11.3 Å². The lowest BCUT2D eigenvalue weighted by Crippen LogP contribution is -2.24. The van der Waals surface area contributed by atoms with Gasteiger partial charge in [-0.3, -0.25) is 0 Å². The average Bonchev–Trinajstić information content (AvgIpc) is 2.92. The Morgan fingerprint density at radius 1 is 1.17 bits per heavy atom. The van der Waals surface area contributed by atoms with Gasteiger partial charge in [0.1, 0.15) is 5.82 Å². The SMILES string of the molecule is Cc1ccc(Nc2nc(-c3ccc(F)cc3)c(CC(=O)[O-])s2)cc1. The number of aromatic nitrogens is 1. The third-order valence-electron chi connectivity index (χ3n) is 3.42. The summed E-state index contributed by atoms with van der Waals surface area (Å²) in [5.74, 6) is -1.53. The van der Waals surface area contributed by atoms with Crippen LogP contribution in [0.1, 0.15) is 10.4 Å². The minimum absolute atomic E-state index is 0.236. The molecule has 1 heterocycles. The van der Waals surface area contributed by atoms with Crippen molar-refractivity contribution in [3.63, 3.8) is 0 Å². The Kier molecular flexibility index (Phi) is 4.57. The fraction of sp³-hybridized carbons (Fsp3) is 0.111. The van der Waals surface area contributed by atoms with E-state index in [1.807, 2.05) is 31.2 Å². The summed E-state index contributed by atoms with van der Waals surface area (Å²) in [4.78, 5) is 16.0. The van der Waals surface area contributed by atoms with Gasteiger partial charge in [-0.05, 0) is 43.3 Å². The molecular weight excluding hydrogens is 327 g/mol. The van der Waals surface area contributed by atoms with Crippen LogP contribution in [0.2, 0.25) is 0 Å². The fourth-order valence-electron chi connectivity index (χ4n) is 2.25. The molecule has 0 radical (unpaired) electrons. The average molecular weight is 341 g/mol. The van der Waals surface area contributed by atoms with Crippen LogP contribution in [0.5, 0.6) is 0 Å². The molecule has 0 saturated heterocycles. The Morgan fingerprint density at radius 3 is 2.46 bits per heavy atom. The summed E-state index contributed by atoms with van der Waals surface area (Å²) in [7, 11) is 0. The van der Waals surface area contributed by atoms with Crippen molar-refractivity contribution in [1.82, 2.24) is 4.98 Å². The van der Waals surface area contributed by atoms with Gasteiger partial charge in [-0.25, -0.2) is 9.37 Å². The zero-order valence-corrected chi connectivity index (χ0v) is 13.7. The van der Waals surface area contributed by atoms with Crippen LogP contribution in [0, 0.1) is 12.7 Å². The van der Waals surface area contributed by atoms with E-state index in [4.69, 9.17) is 0 Å². The highest BCUT2D eigenvalue weighted by atomic mass is 32.1. The maximum atomic E-state index is 13.1. The van der Waals surface area contributed by atoms with Crippen LogP contribution in [0.4, 0.5) is 15.2 Å². The highest BCUT2D eigenvalue weighted by Crippen LogP contribution is 2.33. The first-order valence-electron chi connectivity index (χ1n) is 7.30. The summed E-state index contributed by atoms with van der Waals surface area (Å²) in [6.45, 7) is 2.00. The van der Waals surface area contributed by atoms with Gasteiger partial charge < -0.3 is 15.2 Å². The van der Waals surface area contributed by atoms with Crippen LogP contribution in [0.15, 0.2) is 48.5 Å². The Bertz CT molecular complexity index is 858. The van der Waals surface area contributed by atoms with E-state index in [2.05, 4.69) is 10.3 Å². The number of nitrogens with zero attached hydrogens (tertiary/aromatic N) is 1. The summed E-state index contributed by atoms with van der Waals surface area (Å²) in [6, 6.07) is 13.6. The minimum Gasteiger partial charge on any atom is -0.550 e. The van der Waals surface area contributed by atoms with Gasteiger partial charge in [-0.15, -0.1) is 11.3 Å². The molecule has 0 unspecified atom stereocenters. The normalized spacial score (nSPS) is 10.6. The van der Waals surface area contributed by atoms with Gasteiger partial charge in [-0.2, -0.15) is 0 Å². The van der Waals surface area contributed by atoms with Gasteiger partial charge in [0.15, 0.2) is 5.13 Å². The first kappa shape index (κ1) is 16.1. The number of carboxylic acids is 1. The molecule has 3 rings (SSSR count). The minimum atomic E-state index is -1.18. The Morgan fingerprint density at radius 2 is 1.83 bits per heavy atom. The topological polar surface area (TPSA) is 65.0 Å². The molecule has 0 bridgehead atoms. The van der Waals surface area contributed by atoms with E-state index in [1.165, 1.54) is 23.5 Å². The summed E-state index contributed by atoms with van der Waals surface area (Å²) in [5.41, 5.74) is 3.20.